The predicted molar refractivity (Wildman–Crippen MR) is 122 cm³/mol. The molecule has 4 aromatic rings. The summed E-state index contributed by atoms with van der Waals surface area (Å²) in [5.74, 6) is 0.0642. The molecular weight excluding hydrogens is 390 g/mol. The second-order valence-corrected chi connectivity index (χ2v) is 8.06. The van der Waals surface area contributed by atoms with Crippen molar-refractivity contribution in [3.63, 3.8) is 0 Å². The van der Waals surface area contributed by atoms with E-state index in [-0.39, 0.29) is 5.91 Å². The number of rotatable bonds is 7. The number of hydrogen-bond donors (Lipinski definition) is 0. The third-order valence-electron chi connectivity index (χ3n) is 4.99. The Labute approximate surface area is 180 Å². The van der Waals surface area contributed by atoms with E-state index in [4.69, 9.17) is 10.2 Å². The van der Waals surface area contributed by atoms with Crippen molar-refractivity contribution < 1.29 is 4.79 Å². The molecule has 0 saturated heterocycles. The number of nitriles is 1. The molecule has 148 valence electrons. The zero-order valence-corrected chi connectivity index (χ0v) is 17.3. The van der Waals surface area contributed by atoms with Crippen LogP contribution in [0.5, 0.6) is 0 Å². The molecule has 1 heterocycles. The maximum absolute atomic E-state index is 13.2. The minimum atomic E-state index is 0.0642. The Morgan fingerprint density at radius 2 is 1.60 bits per heavy atom. The Kier molecular flexibility index (Phi) is 6.17. The molecule has 0 aliphatic heterocycles. The zero-order valence-electron chi connectivity index (χ0n) is 16.5. The van der Waals surface area contributed by atoms with Crippen LogP contribution in [-0.2, 0) is 17.6 Å². The molecule has 0 aliphatic carbocycles. The Bertz CT molecular complexity index is 1140. The van der Waals surface area contributed by atoms with Crippen LogP contribution < -0.4 is 4.90 Å². The van der Waals surface area contributed by atoms with Crippen LogP contribution in [0.15, 0.2) is 78.9 Å². The Morgan fingerprint density at radius 1 is 0.900 bits per heavy atom. The van der Waals surface area contributed by atoms with Crippen molar-refractivity contribution in [2.45, 2.75) is 19.3 Å². The van der Waals surface area contributed by atoms with E-state index < -0.39 is 0 Å². The Balaban J connectivity index is 1.52. The lowest BCUT2D eigenvalue weighted by Gasteiger charge is -2.20. The predicted octanol–water partition coefficient (Wildman–Crippen LogP) is 5.38. The van der Waals surface area contributed by atoms with Gasteiger partial charge in [0, 0.05) is 13.0 Å². The second kappa shape index (κ2) is 9.34. The average molecular weight is 412 g/mol. The van der Waals surface area contributed by atoms with Crippen molar-refractivity contribution in [3.8, 4) is 6.07 Å². The summed E-state index contributed by atoms with van der Waals surface area (Å²) in [6.45, 7) is 0.593. The third-order valence-corrected chi connectivity index (χ3v) is 6.05. The minimum Gasteiger partial charge on any atom is -0.288 e. The first kappa shape index (κ1) is 19.8. The van der Waals surface area contributed by atoms with Crippen molar-refractivity contribution in [2.24, 2.45) is 0 Å². The Hall–Kier alpha value is -3.49. The normalized spacial score (nSPS) is 10.6. The molecule has 0 fully saturated rings. The van der Waals surface area contributed by atoms with Crippen LogP contribution >= 0.6 is 11.3 Å². The lowest BCUT2D eigenvalue weighted by Crippen LogP contribution is -2.33. The highest BCUT2D eigenvalue weighted by Crippen LogP contribution is 2.29. The number of carbonyl (C=O) groups excluding carboxylic acids is 1. The number of fused-ring (bicyclic) bond motifs is 1. The lowest BCUT2D eigenvalue weighted by atomic mass is 10.1. The number of hydrogen-bond acceptors (Lipinski definition) is 4. The van der Waals surface area contributed by atoms with Crippen LogP contribution in [0, 0.1) is 11.3 Å². The first-order valence-electron chi connectivity index (χ1n) is 9.92. The fraction of sp³-hybridized carbons (Fsp3) is 0.160. The fourth-order valence-electron chi connectivity index (χ4n) is 3.32. The van der Waals surface area contributed by atoms with Crippen molar-refractivity contribution >= 4 is 32.6 Å². The zero-order chi connectivity index (χ0) is 20.8. The smallest absolute Gasteiger partial charge is 0.229 e. The highest BCUT2D eigenvalue weighted by Gasteiger charge is 2.19. The van der Waals surface area contributed by atoms with Crippen LogP contribution in [0.4, 0.5) is 5.13 Å². The molecule has 4 rings (SSSR count). The number of aromatic nitrogens is 1. The molecule has 0 radical (unpaired) electrons. The van der Waals surface area contributed by atoms with Crippen LogP contribution in [0.2, 0.25) is 0 Å². The molecule has 1 aromatic heterocycles. The van der Waals surface area contributed by atoms with Crippen LogP contribution in [0.1, 0.15) is 23.1 Å². The largest absolute Gasteiger partial charge is 0.288 e. The van der Waals surface area contributed by atoms with Gasteiger partial charge >= 0.3 is 0 Å². The SMILES string of the molecule is N#Cc1ccc(CCC(=O)N(CCc2ccccc2)c2nc3ccccc3s2)cc1. The summed E-state index contributed by atoms with van der Waals surface area (Å²) in [6.07, 6.45) is 1.81. The van der Waals surface area contributed by atoms with Crippen LogP contribution in [-0.4, -0.2) is 17.4 Å². The molecule has 3 aromatic carbocycles. The first-order chi connectivity index (χ1) is 14.7. The molecule has 1 amide bonds. The lowest BCUT2D eigenvalue weighted by molar-refractivity contribution is -0.118. The second-order valence-electron chi connectivity index (χ2n) is 7.05. The number of benzene rings is 3. The molecular formula is C25H21N3OS. The van der Waals surface area contributed by atoms with Crippen molar-refractivity contribution in [3.05, 3.63) is 95.6 Å². The number of amides is 1. The van der Waals surface area contributed by atoms with Gasteiger partial charge < -0.3 is 0 Å². The minimum absolute atomic E-state index is 0.0642. The van der Waals surface area contributed by atoms with Gasteiger partial charge in [-0.25, -0.2) is 4.98 Å². The fourth-order valence-corrected chi connectivity index (χ4v) is 4.33. The average Bonchev–Trinajstić information content (AvgIpc) is 3.22. The molecule has 0 unspecified atom stereocenters. The van der Waals surface area contributed by atoms with E-state index in [2.05, 4.69) is 18.2 Å². The summed E-state index contributed by atoms with van der Waals surface area (Å²) in [4.78, 5) is 19.7. The number of carbonyl (C=O) groups is 1. The van der Waals surface area contributed by atoms with Gasteiger partial charge in [0.25, 0.3) is 0 Å². The maximum atomic E-state index is 13.2. The van der Waals surface area contributed by atoms with E-state index in [1.165, 1.54) is 5.56 Å². The van der Waals surface area contributed by atoms with Gasteiger partial charge in [-0.2, -0.15) is 5.26 Å². The number of aryl methyl sites for hydroxylation is 1. The van der Waals surface area contributed by atoms with Crippen molar-refractivity contribution in [2.75, 3.05) is 11.4 Å². The van der Waals surface area contributed by atoms with Gasteiger partial charge in [0.2, 0.25) is 5.91 Å². The summed E-state index contributed by atoms with van der Waals surface area (Å²) >= 11 is 1.55. The van der Waals surface area contributed by atoms with Crippen LogP contribution in [0.3, 0.4) is 0 Å². The quantitative estimate of drug-likeness (QED) is 0.410. The summed E-state index contributed by atoms with van der Waals surface area (Å²) in [6, 6.07) is 27.7. The van der Waals surface area contributed by atoms with Gasteiger partial charge in [-0.1, -0.05) is 65.9 Å². The molecule has 0 spiro atoms. The van der Waals surface area contributed by atoms with Gasteiger partial charge in [-0.05, 0) is 48.2 Å². The number of nitrogens with zero attached hydrogens (tertiary/aromatic N) is 3. The van der Waals surface area contributed by atoms with Crippen LogP contribution in [0.25, 0.3) is 10.2 Å². The van der Waals surface area contributed by atoms with Gasteiger partial charge in [0.1, 0.15) is 0 Å². The first-order valence-corrected chi connectivity index (χ1v) is 10.7. The highest BCUT2D eigenvalue weighted by atomic mass is 32.1. The summed E-state index contributed by atoms with van der Waals surface area (Å²) in [7, 11) is 0. The summed E-state index contributed by atoms with van der Waals surface area (Å²) < 4.78 is 1.08. The molecule has 30 heavy (non-hydrogen) atoms. The number of anilines is 1. The Morgan fingerprint density at radius 3 is 2.33 bits per heavy atom. The molecule has 0 atom stereocenters. The van der Waals surface area contributed by atoms with Crippen molar-refractivity contribution in [1.82, 2.24) is 4.98 Å². The van der Waals surface area contributed by atoms with E-state index in [1.54, 1.807) is 23.5 Å². The molecule has 4 nitrogen and oxygen atoms in total. The van der Waals surface area contributed by atoms with Gasteiger partial charge in [0.05, 0.1) is 21.8 Å². The topological polar surface area (TPSA) is 57.0 Å². The van der Waals surface area contributed by atoms with Gasteiger partial charge in [-0.3, -0.25) is 9.69 Å². The molecule has 0 saturated carbocycles. The summed E-state index contributed by atoms with van der Waals surface area (Å²) in [5, 5.41) is 9.69. The van der Waals surface area contributed by atoms with Crippen molar-refractivity contribution in [1.29, 1.82) is 5.26 Å². The standard InChI is InChI=1S/C25H21N3OS/c26-18-21-12-10-20(11-13-21)14-15-24(29)28(17-16-19-6-2-1-3-7-19)25-27-22-8-4-5-9-23(22)30-25/h1-13H,14-17H2. The molecule has 0 aliphatic rings. The third kappa shape index (κ3) is 4.73. The summed E-state index contributed by atoms with van der Waals surface area (Å²) in [5.41, 5.74) is 3.80. The van der Waals surface area contributed by atoms with E-state index in [0.29, 0.717) is 24.9 Å². The van der Waals surface area contributed by atoms with E-state index >= 15 is 0 Å². The number of thiazole rings is 1. The van der Waals surface area contributed by atoms with E-state index in [0.717, 1.165) is 27.3 Å². The highest BCUT2D eigenvalue weighted by molar-refractivity contribution is 7.22. The van der Waals surface area contributed by atoms with E-state index in [1.807, 2.05) is 59.5 Å². The monoisotopic (exact) mass is 411 g/mol. The molecule has 0 bridgehead atoms. The molecule has 0 N–H and O–H groups in total. The van der Waals surface area contributed by atoms with Gasteiger partial charge in [0.15, 0.2) is 5.13 Å². The van der Waals surface area contributed by atoms with E-state index in [9.17, 15) is 4.79 Å². The number of para-hydroxylation sites is 1. The molecule has 5 heteroatoms. The maximum Gasteiger partial charge on any atom is 0.229 e. The van der Waals surface area contributed by atoms with Gasteiger partial charge in [-0.15, -0.1) is 0 Å².